The van der Waals surface area contributed by atoms with Crippen LogP contribution in [0.5, 0.6) is 0 Å². The van der Waals surface area contributed by atoms with Crippen molar-refractivity contribution in [3.63, 3.8) is 0 Å². The molecule has 78 valence electrons. The van der Waals surface area contributed by atoms with Gasteiger partial charge in [0.15, 0.2) is 0 Å². The molecule has 4 nitrogen and oxygen atoms in total. The largest absolute Gasteiger partial charge is 0.261 e. The van der Waals surface area contributed by atoms with Gasteiger partial charge in [0.2, 0.25) is 0 Å². The zero-order chi connectivity index (χ0) is 10.8. The Hall–Kier alpha value is -1.07. The summed E-state index contributed by atoms with van der Waals surface area (Å²) >= 11 is 7.28. The summed E-state index contributed by atoms with van der Waals surface area (Å²) in [5, 5.41) is 6.55. The maximum Gasteiger partial charge on any atom is 0.133 e. The first-order valence-corrected chi connectivity index (χ1v) is 5.50. The smallest absolute Gasteiger partial charge is 0.133 e. The number of halogens is 1. The predicted octanol–water partition coefficient (Wildman–Crippen LogP) is 2.32. The molecule has 0 radical (unpaired) electrons. The van der Waals surface area contributed by atoms with Crippen LogP contribution in [0, 0.1) is 6.92 Å². The zero-order valence-electron chi connectivity index (χ0n) is 8.31. The second-order valence-electron chi connectivity index (χ2n) is 3.03. The van der Waals surface area contributed by atoms with Gasteiger partial charge in [-0.25, -0.2) is 9.97 Å². The van der Waals surface area contributed by atoms with Gasteiger partial charge in [0.05, 0.1) is 5.69 Å². The first-order chi connectivity index (χ1) is 7.15. The van der Waals surface area contributed by atoms with Crippen LogP contribution >= 0.6 is 23.4 Å². The van der Waals surface area contributed by atoms with Crippen LogP contribution in [0.2, 0.25) is 5.15 Å². The highest BCUT2D eigenvalue weighted by Gasteiger charge is 2.05. The van der Waals surface area contributed by atoms with E-state index in [2.05, 4.69) is 15.1 Å². The number of aryl methyl sites for hydroxylation is 2. The average Bonchev–Trinajstić information content (AvgIpc) is 2.45. The van der Waals surface area contributed by atoms with Gasteiger partial charge in [-0.1, -0.05) is 23.4 Å². The van der Waals surface area contributed by atoms with Crippen molar-refractivity contribution in [3.05, 3.63) is 29.3 Å². The molecule has 6 heteroatoms. The lowest BCUT2D eigenvalue weighted by atomic mass is 10.5. The third kappa shape index (κ3) is 2.49. The Balaban J connectivity index is 2.25. The van der Waals surface area contributed by atoms with Crippen LogP contribution in [0.25, 0.3) is 0 Å². The monoisotopic (exact) mass is 240 g/mol. The molecule has 0 aliphatic rings. The number of aromatic nitrogens is 4. The number of hydrogen-bond donors (Lipinski definition) is 0. The lowest BCUT2D eigenvalue weighted by molar-refractivity contribution is 0.692. The first kappa shape index (κ1) is 10.4. The molecule has 0 saturated carbocycles. The Labute approximate surface area is 96.7 Å². The fraction of sp³-hybridized carbons (Fsp3) is 0.222. The summed E-state index contributed by atoms with van der Waals surface area (Å²) in [7, 11) is 1.90. The van der Waals surface area contributed by atoms with Gasteiger partial charge in [-0.05, 0) is 13.0 Å². The van der Waals surface area contributed by atoms with E-state index in [1.54, 1.807) is 6.07 Å². The molecule has 0 saturated heterocycles. The fourth-order valence-electron chi connectivity index (χ4n) is 1.16. The lowest BCUT2D eigenvalue weighted by Gasteiger charge is -2.00. The van der Waals surface area contributed by atoms with Gasteiger partial charge in [-0.15, -0.1) is 0 Å². The molecular weight excluding hydrogens is 232 g/mol. The highest BCUT2D eigenvalue weighted by Crippen LogP contribution is 2.26. The van der Waals surface area contributed by atoms with Crippen LogP contribution in [0.1, 0.15) is 5.69 Å². The molecule has 0 aliphatic heterocycles. The molecule has 0 fully saturated rings. The molecule has 0 unspecified atom stereocenters. The number of rotatable bonds is 2. The lowest BCUT2D eigenvalue weighted by Crippen LogP contribution is -1.92. The van der Waals surface area contributed by atoms with E-state index in [0.29, 0.717) is 5.15 Å². The maximum atomic E-state index is 5.77. The highest BCUT2D eigenvalue weighted by molar-refractivity contribution is 7.99. The van der Waals surface area contributed by atoms with E-state index in [0.717, 1.165) is 15.7 Å². The normalized spacial score (nSPS) is 10.6. The van der Waals surface area contributed by atoms with E-state index < -0.39 is 0 Å². The van der Waals surface area contributed by atoms with Crippen LogP contribution in [0.4, 0.5) is 0 Å². The minimum atomic E-state index is 0.450. The molecule has 2 heterocycles. The van der Waals surface area contributed by atoms with Crippen molar-refractivity contribution in [1.29, 1.82) is 0 Å². The van der Waals surface area contributed by atoms with Crippen LogP contribution in [-0.4, -0.2) is 19.7 Å². The molecule has 0 bridgehead atoms. The van der Waals surface area contributed by atoms with Crippen molar-refractivity contribution in [2.75, 3.05) is 0 Å². The Morgan fingerprint density at radius 2 is 2.13 bits per heavy atom. The molecule has 0 spiro atoms. The van der Waals surface area contributed by atoms with Gasteiger partial charge >= 0.3 is 0 Å². The summed E-state index contributed by atoms with van der Waals surface area (Å²) < 4.78 is 1.82. The van der Waals surface area contributed by atoms with Crippen molar-refractivity contribution in [2.24, 2.45) is 7.05 Å². The Kier molecular flexibility index (Phi) is 2.93. The van der Waals surface area contributed by atoms with Gasteiger partial charge < -0.3 is 0 Å². The predicted molar refractivity (Wildman–Crippen MR) is 59.1 cm³/mol. The molecule has 0 aromatic carbocycles. The molecule has 0 atom stereocenters. The van der Waals surface area contributed by atoms with Crippen molar-refractivity contribution in [1.82, 2.24) is 19.7 Å². The summed E-state index contributed by atoms with van der Waals surface area (Å²) in [5.74, 6) is 0. The third-order valence-electron chi connectivity index (χ3n) is 1.78. The van der Waals surface area contributed by atoms with Crippen molar-refractivity contribution >= 4 is 23.4 Å². The quantitative estimate of drug-likeness (QED) is 0.756. The topological polar surface area (TPSA) is 43.6 Å². The second kappa shape index (κ2) is 4.20. The van der Waals surface area contributed by atoms with Crippen molar-refractivity contribution in [2.45, 2.75) is 17.0 Å². The number of nitrogens with zero attached hydrogens (tertiary/aromatic N) is 4. The highest BCUT2D eigenvalue weighted by atomic mass is 35.5. The second-order valence-corrected chi connectivity index (χ2v) is 4.46. The maximum absolute atomic E-state index is 5.77. The van der Waals surface area contributed by atoms with Crippen molar-refractivity contribution in [3.8, 4) is 0 Å². The minimum Gasteiger partial charge on any atom is -0.261 e. The molecule has 2 aromatic rings. The van der Waals surface area contributed by atoms with Gasteiger partial charge in [-0.3, -0.25) is 4.68 Å². The Bertz CT molecular complexity index is 483. The Morgan fingerprint density at radius 3 is 2.73 bits per heavy atom. The molecular formula is C9H9ClN4S. The molecule has 0 N–H and O–H groups in total. The Morgan fingerprint density at radius 1 is 1.33 bits per heavy atom. The van der Waals surface area contributed by atoms with Gasteiger partial charge in [-0.2, -0.15) is 5.10 Å². The van der Waals surface area contributed by atoms with Crippen molar-refractivity contribution < 1.29 is 0 Å². The zero-order valence-corrected chi connectivity index (χ0v) is 9.88. The van der Waals surface area contributed by atoms with E-state index in [9.17, 15) is 0 Å². The van der Waals surface area contributed by atoms with Crippen LogP contribution in [0.3, 0.4) is 0 Å². The molecule has 0 aliphatic carbocycles. The third-order valence-corrected chi connectivity index (χ3v) is 3.01. The van der Waals surface area contributed by atoms with E-state index in [4.69, 9.17) is 11.6 Å². The van der Waals surface area contributed by atoms with E-state index in [1.165, 1.54) is 18.1 Å². The standard InChI is InChI=1S/C9H9ClN4S/c1-6-3-9(14(2)13-6)15-8-4-7(10)11-5-12-8/h3-5H,1-2H3. The van der Waals surface area contributed by atoms with Gasteiger partial charge in [0, 0.05) is 13.1 Å². The molecule has 2 rings (SSSR count). The number of hydrogen-bond acceptors (Lipinski definition) is 4. The summed E-state index contributed by atoms with van der Waals surface area (Å²) in [6.07, 6.45) is 1.45. The van der Waals surface area contributed by atoms with E-state index in [-0.39, 0.29) is 0 Å². The van der Waals surface area contributed by atoms with E-state index in [1.807, 2.05) is 24.7 Å². The fourth-order valence-corrected chi connectivity index (χ4v) is 2.26. The van der Waals surface area contributed by atoms with Gasteiger partial charge in [0.25, 0.3) is 0 Å². The minimum absolute atomic E-state index is 0.450. The summed E-state index contributed by atoms with van der Waals surface area (Å²) in [6, 6.07) is 3.73. The van der Waals surface area contributed by atoms with Gasteiger partial charge in [0.1, 0.15) is 21.5 Å². The molecule has 0 amide bonds. The van der Waals surface area contributed by atoms with E-state index >= 15 is 0 Å². The summed E-state index contributed by atoms with van der Waals surface area (Å²) in [5.41, 5.74) is 0.986. The van der Waals surface area contributed by atoms with Crippen LogP contribution in [0.15, 0.2) is 28.5 Å². The average molecular weight is 241 g/mol. The SMILES string of the molecule is Cc1cc(Sc2cc(Cl)ncn2)n(C)n1. The molecule has 15 heavy (non-hydrogen) atoms. The first-order valence-electron chi connectivity index (χ1n) is 4.31. The summed E-state index contributed by atoms with van der Waals surface area (Å²) in [6.45, 7) is 1.96. The van der Waals surface area contributed by atoms with Crippen LogP contribution < -0.4 is 0 Å². The molecule has 2 aromatic heterocycles. The summed E-state index contributed by atoms with van der Waals surface area (Å²) in [4.78, 5) is 7.94. The van der Waals surface area contributed by atoms with Crippen LogP contribution in [-0.2, 0) is 7.05 Å².